The van der Waals surface area contributed by atoms with E-state index in [4.69, 9.17) is 4.74 Å². The van der Waals surface area contributed by atoms with Crippen molar-refractivity contribution < 1.29 is 14.3 Å². The van der Waals surface area contributed by atoms with E-state index >= 15 is 0 Å². The summed E-state index contributed by atoms with van der Waals surface area (Å²) in [6.45, 7) is 10.2. The van der Waals surface area contributed by atoms with Crippen LogP contribution in [0.25, 0.3) is 0 Å². The molecule has 0 spiro atoms. The quantitative estimate of drug-likeness (QED) is 0.627. The third kappa shape index (κ3) is 5.67. The standard InChI is InChI=1S/C21H38N4O3/c1-3-15-28-17-20(26)23-9-6-19(7-10-23)25-8-4-5-18(16-25)21(27)24-13-11-22(2)12-14-24/h18-19H,3-17H2,1-2H3/t18-/m0/s1. The Bertz CT molecular complexity index is 514. The molecule has 0 aromatic heterocycles. The smallest absolute Gasteiger partial charge is 0.248 e. The maximum atomic E-state index is 13.0. The van der Waals surface area contributed by atoms with Gasteiger partial charge in [0.2, 0.25) is 11.8 Å². The second-order valence-electron chi connectivity index (χ2n) is 8.63. The minimum Gasteiger partial charge on any atom is -0.372 e. The molecule has 0 aromatic carbocycles. The monoisotopic (exact) mass is 394 g/mol. The van der Waals surface area contributed by atoms with E-state index in [1.165, 1.54) is 0 Å². The average molecular weight is 395 g/mol. The summed E-state index contributed by atoms with van der Waals surface area (Å²) in [6, 6.07) is 0.503. The van der Waals surface area contributed by atoms with Crippen LogP contribution in [0.5, 0.6) is 0 Å². The van der Waals surface area contributed by atoms with E-state index < -0.39 is 0 Å². The number of likely N-dealkylation sites (tertiary alicyclic amines) is 2. The molecule has 3 fully saturated rings. The van der Waals surface area contributed by atoms with Crippen molar-refractivity contribution in [1.82, 2.24) is 19.6 Å². The number of likely N-dealkylation sites (N-methyl/N-ethyl adjacent to an activating group) is 1. The maximum absolute atomic E-state index is 13.0. The molecule has 0 N–H and O–H groups in total. The van der Waals surface area contributed by atoms with E-state index in [0.717, 1.165) is 84.5 Å². The number of hydrogen-bond donors (Lipinski definition) is 0. The number of carbonyl (C=O) groups excluding carboxylic acids is 2. The lowest BCUT2D eigenvalue weighted by atomic mass is 9.92. The molecule has 0 aliphatic carbocycles. The topological polar surface area (TPSA) is 56.3 Å². The first kappa shape index (κ1) is 21.5. The second kappa shape index (κ2) is 10.6. The van der Waals surface area contributed by atoms with Crippen LogP contribution in [0.3, 0.4) is 0 Å². The number of amides is 2. The number of rotatable bonds is 6. The zero-order valence-electron chi connectivity index (χ0n) is 17.8. The summed E-state index contributed by atoms with van der Waals surface area (Å²) in [4.78, 5) is 34.0. The number of hydrogen-bond acceptors (Lipinski definition) is 5. The molecule has 0 saturated carbocycles. The van der Waals surface area contributed by atoms with Gasteiger partial charge < -0.3 is 19.4 Å². The summed E-state index contributed by atoms with van der Waals surface area (Å²) in [6.07, 6.45) is 5.09. The van der Waals surface area contributed by atoms with Crippen LogP contribution in [0.4, 0.5) is 0 Å². The Morgan fingerprint density at radius 2 is 1.64 bits per heavy atom. The van der Waals surface area contributed by atoms with Crippen LogP contribution in [0.15, 0.2) is 0 Å². The van der Waals surface area contributed by atoms with Gasteiger partial charge in [-0.1, -0.05) is 6.92 Å². The van der Waals surface area contributed by atoms with Gasteiger partial charge in [0.05, 0.1) is 5.92 Å². The Hall–Kier alpha value is -1.18. The third-order valence-electron chi connectivity index (χ3n) is 6.52. The van der Waals surface area contributed by atoms with Gasteiger partial charge in [-0.05, 0) is 45.7 Å². The highest BCUT2D eigenvalue weighted by Gasteiger charge is 2.34. The van der Waals surface area contributed by atoms with Crippen LogP contribution in [0.2, 0.25) is 0 Å². The van der Waals surface area contributed by atoms with Crippen LogP contribution in [-0.2, 0) is 14.3 Å². The zero-order chi connectivity index (χ0) is 19.9. The van der Waals surface area contributed by atoms with Crippen molar-refractivity contribution >= 4 is 11.8 Å². The normalized spacial score (nSPS) is 25.9. The van der Waals surface area contributed by atoms with Crippen LogP contribution in [-0.4, -0.2) is 110 Å². The molecular weight excluding hydrogens is 356 g/mol. The lowest BCUT2D eigenvalue weighted by molar-refractivity contribution is -0.139. The van der Waals surface area contributed by atoms with Crippen molar-refractivity contribution in [3.63, 3.8) is 0 Å². The van der Waals surface area contributed by atoms with Crippen molar-refractivity contribution in [3.8, 4) is 0 Å². The van der Waals surface area contributed by atoms with Gasteiger partial charge >= 0.3 is 0 Å². The molecule has 28 heavy (non-hydrogen) atoms. The second-order valence-corrected chi connectivity index (χ2v) is 8.63. The highest BCUT2D eigenvalue weighted by Crippen LogP contribution is 2.25. The summed E-state index contributed by atoms with van der Waals surface area (Å²) < 4.78 is 5.40. The van der Waals surface area contributed by atoms with Crippen LogP contribution in [0, 0.1) is 5.92 Å². The molecule has 0 bridgehead atoms. The fourth-order valence-electron chi connectivity index (χ4n) is 4.70. The molecule has 3 aliphatic rings. The SMILES string of the molecule is CCCOCC(=O)N1CCC(N2CCC[C@H](C(=O)N3CCN(C)CC3)C2)CC1. The maximum Gasteiger partial charge on any atom is 0.248 e. The molecule has 3 rings (SSSR count). The predicted octanol–water partition coefficient (Wildman–Crippen LogP) is 0.890. The van der Waals surface area contributed by atoms with E-state index in [-0.39, 0.29) is 18.4 Å². The molecule has 0 radical (unpaired) electrons. The first-order chi connectivity index (χ1) is 13.6. The van der Waals surface area contributed by atoms with Crippen molar-refractivity contribution in [1.29, 1.82) is 0 Å². The van der Waals surface area contributed by atoms with Crippen molar-refractivity contribution in [3.05, 3.63) is 0 Å². The number of piperidine rings is 2. The molecule has 3 aliphatic heterocycles. The Morgan fingerprint density at radius 1 is 0.929 bits per heavy atom. The highest BCUT2D eigenvalue weighted by atomic mass is 16.5. The van der Waals surface area contributed by atoms with Crippen LogP contribution in [0.1, 0.15) is 39.0 Å². The molecule has 160 valence electrons. The lowest BCUT2D eigenvalue weighted by Crippen LogP contribution is -2.54. The molecule has 3 saturated heterocycles. The minimum atomic E-state index is 0.119. The largest absolute Gasteiger partial charge is 0.372 e. The van der Waals surface area contributed by atoms with Crippen LogP contribution >= 0.6 is 0 Å². The number of ether oxygens (including phenoxy) is 1. The van der Waals surface area contributed by atoms with E-state index in [1.54, 1.807) is 0 Å². The molecule has 0 unspecified atom stereocenters. The van der Waals surface area contributed by atoms with Gasteiger partial charge in [0, 0.05) is 58.5 Å². The van der Waals surface area contributed by atoms with Gasteiger partial charge in [0.1, 0.15) is 6.61 Å². The van der Waals surface area contributed by atoms with Crippen molar-refractivity contribution in [2.24, 2.45) is 5.92 Å². The molecule has 0 aromatic rings. The lowest BCUT2D eigenvalue weighted by Gasteiger charge is -2.43. The van der Waals surface area contributed by atoms with Crippen molar-refractivity contribution in [2.75, 3.05) is 72.6 Å². The van der Waals surface area contributed by atoms with Gasteiger partial charge in [-0.15, -0.1) is 0 Å². The molecule has 7 nitrogen and oxygen atoms in total. The number of piperazine rings is 1. The first-order valence-corrected chi connectivity index (χ1v) is 11.2. The Morgan fingerprint density at radius 3 is 2.32 bits per heavy atom. The Labute approximate surface area is 169 Å². The molecule has 3 heterocycles. The molecule has 1 atom stereocenters. The average Bonchev–Trinajstić information content (AvgIpc) is 2.74. The Kier molecular flexibility index (Phi) is 8.11. The summed E-state index contributed by atoms with van der Waals surface area (Å²) in [7, 11) is 2.12. The number of nitrogens with zero attached hydrogens (tertiary/aromatic N) is 4. The van der Waals surface area contributed by atoms with Crippen LogP contribution < -0.4 is 0 Å². The fraction of sp³-hybridized carbons (Fsp3) is 0.905. The molecule has 2 amide bonds. The summed E-state index contributed by atoms with van der Waals surface area (Å²) in [5, 5.41) is 0. The third-order valence-corrected chi connectivity index (χ3v) is 6.52. The van der Waals surface area contributed by atoms with Gasteiger partial charge in [0.25, 0.3) is 0 Å². The highest BCUT2D eigenvalue weighted by molar-refractivity contribution is 5.79. The van der Waals surface area contributed by atoms with E-state index in [1.807, 2.05) is 4.90 Å². The summed E-state index contributed by atoms with van der Waals surface area (Å²) in [5.74, 6) is 0.631. The van der Waals surface area contributed by atoms with Gasteiger partial charge in [-0.25, -0.2) is 0 Å². The fourth-order valence-corrected chi connectivity index (χ4v) is 4.70. The van der Waals surface area contributed by atoms with E-state index in [2.05, 4.69) is 28.7 Å². The van der Waals surface area contributed by atoms with Crippen molar-refractivity contribution in [2.45, 2.75) is 45.1 Å². The van der Waals surface area contributed by atoms with Gasteiger partial charge in [0.15, 0.2) is 0 Å². The summed E-state index contributed by atoms with van der Waals surface area (Å²) >= 11 is 0. The molecular formula is C21H38N4O3. The number of carbonyl (C=O) groups is 2. The van der Waals surface area contributed by atoms with E-state index in [9.17, 15) is 9.59 Å². The van der Waals surface area contributed by atoms with E-state index in [0.29, 0.717) is 18.6 Å². The Balaban J connectivity index is 1.43. The van der Waals surface area contributed by atoms with Gasteiger partial charge in [-0.3, -0.25) is 14.5 Å². The van der Waals surface area contributed by atoms with Gasteiger partial charge in [-0.2, -0.15) is 0 Å². The minimum absolute atomic E-state index is 0.119. The summed E-state index contributed by atoms with van der Waals surface area (Å²) in [5.41, 5.74) is 0. The zero-order valence-corrected chi connectivity index (χ0v) is 17.8. The predicted molar refractivity (Wildman–Crippen MR) is 109 cm³/mol. The molecule has 7 heteroatoms. The first-order valence-electron chi connectivity index (χ1n) is 11.2.